The lowest BCUT2D eigenvalue weighted by atomic mass is 10.2. The van der Waals surface area contributed by atoms with Gasteiger partial charge in [-0.2, -0.15) is 0 Å². The standard InChI is InChI=1S/C18H16N2O2/c1-13(21)19-12-18(16-10-6-7-11-17(16)19)20(14(2)22)15-8-4-3-5-9-15/h3-12H,1-2H3. The molecule has 0 radical (unpaired) electrons. The van der Waals surface area contributed by atoms with Gasteiger partial charge in [0.15, 0.2) is 0 Å². The third-order valence-electron chi connectivity index (χ3n) is 3.60. The monoisotopic (exact) mass is 292 g/mol. The van der Waals surface area contributed by atoms with Crippen molar-refractivity contribution in [3.05, 3.63) is 60.8 Å². The predicted octanol–water partition coefficient (Wildman–Crippen LogP) is 3.99. The maximum atomic E-state index is 12.2. The van der Waals surface area contributed by atoms with Crippen molar-refractivity contribution in [2.75, 3.05) is 4.90 Å². The SMILES string of the molecule is CC(=O)N(c1ccccc1)c1cn(C(C)=O)c2ccccc12. The van der Waals surface area contributed by atoms with E-state index >= 15 is 0 Å². The molecule has 1 heterocycles. The summed E-state index contributed by atoms with van der Waals surface area (Å²) >= 11 is 0. The van der Waals surface area contributed by atoms with Gasteiger partial charge in [0.05, 0.1) is 11.2 Å². The minimum Gasteiger partial charge on any atom is -0.285 e. The van der Waals surface area contributed by atoms with Crippen LogP contribution in [0.3, 0.4) is 0 Å². The second-order valence-corrected chi connectivity index (χ2v) is 5.11. The molecule has 0 fully saturated rings. The van der Waals surface area contributed by atoms with Gasteiger partial charge in [-0.25, -0.2) is 0 Å². The van der Waals surface area contributed by atoms with Crippen LogP contribution in [0.2, 0.25) is 0 Å². The third-order valence-corrected chi connectivity index (χ3v) is 3.60. The van der Waals surface area contributed by atoms with Crippen LogP contribution in [0.4, 0.5) is 11.4 Å². The Labute approximate surface area is 128 Å². The van der Waals surface area contributed by atoms with E-state index in [0.29, 0.717) is 5.69 Å². The molecule has 1 amide bonds. The van der Waals surface area contributed by atoms with Crippen LogP contribution in [-0.4, -0.2) is 16.4 Å². The number of amides is 1. The van der Waals surface area contributed by atoms with Crippen molar-refractivity contribution >= 4 is 34.1 Å². The number of para-hydroxylation sites is 2. The molecule has 0 atom stereocenters. The summed E-state index contributed by atoms with van der Waals surface area (Å²) in [6.07, 6.45) is 1.72. The van der Waals surface area contributed by atoms with E-state index < -0.39 is 0 Å². The minimum atomic E-state index is -0.0994. The maximum absolute atomic E-state index is 12.2. The summed E-state index contributed by atoms with van der Waals surface area (Å²) in [5.74, 6) is -0.184. The molecule has 0 aliphatic carbocycles. The summed E-state index contributed by atoms with van der Waals surface area (Å²) < 4.78 is 1.57. The van der Waals surface area contributed by atoms with Gasteiger partial charge in [0.25, 0.3) is 0 Å². The number of rotatable bonds is 2. The predicted molar refractivity (Wildman–Crippen MR) is 87.5 cm³/mol. The van der Waals surface area contributed by atoms with E-state index in [1.54, 1.807) is 15.7 Å². The van der Waals surface area contributed by atoms with Gasteiger partial charge in [-0.3, -0.25) is 19.1 Å². The van der Waals surface area contributed by atoms with Crippen LogP contribution in [0.15, 0.2) is 60.8 Å². The van der Waals surface area contributed by atoms with Gasteiger partial charge in [-0.05, 0) is 18.2 Å². The molecule has 0 saturated carbocycles. The highest BCUT2D eigenvalue weighted by Gasteiger charge is 2.20. The Morgan fingerprint density at radius 3 is 2.18 bits per heavy atom. The van der Waals surface area contributed by atoms with E-state index in [0.717, 1.165) is 16.6 Å². The second kappa shape index (κ2) is 5.48. The van der Waals surface area contributed by atoms with Crippen LogP contribution in [0.5, 0.6) is 0 Å². The Morgan fingerprint density at radius 2 is 1.55 bits per heavy atom. The number of hydrogen-bond donors (Lipinski definition) is 0. The van der Waals surface area contributed by atoms with Crippen molar-refractivity contribution in [3.63, 3.8) is 0 Å². The highest BCUT2D eigenvalue weighted by atomic mass is 16.2. The van der Waals surface area contributed by atoms with Crippen molar-refractivity contribution in [2.45, 2.75) is 13.8 Å². The molecular formula is C18H16N2O2. The van der Waals surface area contributed by atoms with Gasteiger partial charge < -0.3 is 0 Å². The second-order valence-electron chi connectivity index (χ2n) is 5.11. The largest absolute Gasteiger partial charge is 0.285 e. The number of anilines is 2. The summed E-state index contributed by atoms with van der Waals surface area (Å²) in [4.78, 5) is 25.7. The van der Waals surface area contributed by atoms with Crippen LogP contribution in [0.25, 0.3) is 10.9 Å². The Kier molecular flexibility index (Phi) is 3.51. The first-order valence-electron chi connectivity index (χ1n) is 7.06. The molecule has 4 nitrogen and oxygen atoms in total. The fraction of sp³-hybridized carbons (Fsp3) is 0.111. The van der Waals surface area contributed by atoms with Crippen molar-refractivity contribution in [2.24, 2.45) is 0 Å². The molecule has 0 N–H and O–H groups in total. The van der Waals surface area contributed by atoms with Gasteiger partial charge >= 0.3 is 0 Å². The quantitative estimate of drug-likeness (QED) is 0.716. The number of hydrogen-bond acceptors (Lipinski definition) is 2. The van der Waals surface area contributed by atoms with Gasteiger partial charge in [-0.15, -0.1) is 0 Å². The number of nitrogens with zero attached hydrogens (tertiary/aromatic N) is 2. The van der Waals surface area contributed by atoms with Crippen molar-refractivity contribution in [3.8, 4) is 0 Å². The van der Waals surface area contributed by atoms with Crippen LogP contribution >= 0.6 is 0 Å². The summed E-state index contributed by atoms with van der Waals surface area (Å²) in [5, 5.41) is 0.872. The molecule has 1 aromatic heterocycles. The number of benzene rings is 2. The number of aromatic nitrogens is 1. The highest BCUT2D eigenvalue weighted by molar-refractivity contribution is 6.09. The van der Waals surface area contributed by atoms with Crippen LogP contribution < -0.4 is 4.90 Å². The highest BCUT2D eigenvalue weighted by Crippen LogP contribution is 2.34. The number of carbonyl (C=O) groups excluding carboxylic acids is 2. The summed E-state index contributed by atoms with van der Waals surface area (Å²) in [5.41, 5.74) is 2.29. The molecule has 22 heavy (non-hydrogen) atoms. The lowest BCUT2D eigenvalue weighted by molar-refractivity contribution is -0.115. The molecular weight excluding hydrogens is 276 g/mol. The molecule has 4 heteroatoms. The minimum absolute atomic E-state index is 0.0842. The van der Waals surface area contributed by atoms with E-state index in [4.69, 9.17) is 0 Å². The summed E-state index contributed by atoms with van der Waals surface area (Å²) in [6, 6.07) is 17.0. The van der Waals surface area contributed by atoms with Crippen LogP contribution in [-0.2, 0) is 4.79 Å². The lowest BCUT2D eigenvalue weighted by Gasteiger charge is -2.20. The Hall–Kier alpha value is -2.88. The topological polar surface area (TPSA) is 42.3 Å². The molecule has 3 rings (SSSR count). The van der Waals surface area contributed by atoms with E-state index in [2.05, 4.69) is 0 Å². The van der Waals surface area contributed by atoms with Gasteiger partial charge in [0, 0.05) is 31.1 Å². The van der Waals surface area contributed by atoms with Crippen molar-refractivity contribution < 1.29 is 9.59 Å². The zero-order chi connectivity index (χ0) is 15.7. The third kappa shape index (κ3) is 2.29. The first kappa shape index (κ1) is 14.1. The summed E-state index contributed by atoms with van der Waals surface area (Å²) in [6.45, 7) is 3.03. The molecule has 0 spiro atoms. The number of fused-ring (bicyclic) bond motifs is 1. The van der Waals surface area contributed by atoms with E-state index in [9.17, 15) is 9.59 Å². The van der Waals surface area contributed by atoms with Gasteiger partial charge in [0.2, 0.25) is 11.8 Å². The smallest absolute Gasteiger partial charge is 0.228 e. The Balaban J connectivity index is 2.27. The number of carbonyl (C=O) groups is 2. The van der Waals surface area contributed by atoms with Gasteiger partial charge in [0.1, 0.15) is 0 Å². The summed E-state index contributed by atoms with van der Waals surface area (Å²) in [7, 11) is 0. The van der Waals surface area contributed by atoms with E-state index in [1.807, 2.05) is 54.6 Å². The molecule has 0 bridgehead atoms. The molecule has 0 saturated heterocycles. The average molecular weight is 292 g/mol. The fourth-order valence-corrected chi connectivity index (χ4v) is 2.67. The van der Waals surface area contributed by atoms with Crippen LogP contribution in [0, 0.1) is 0 Å². The van der Waals surface area contributed by atoms with Crippen molar-refractivity contribution in [1.29, 1.82) is 0 Å². The average Bonchev–Trinajstić information content (AvgIpc) is 2.88. The molecule has 110 valence electrons. The van der Waals surface area contributed by atoms with Crippen LogP contribution in [0.1, 0.15) is 18.6 Å². The maximum Gasteiger partial charge on any atom is 0.228 e. The van der Waals surface area contributed by atoms with Crippen molar-refractivity contribution in [1.82, 2.24) is 4.57 Å². The zero-order valence-corrected chi connectivity index (χ0v) is 12.5. The normalized spacial score (nSPS) is 10.6. The molecule has 0 aliphatic rings. The first-order valence-corrected chi connectivity index (χ1v) is 7.06. The van der Waals surface area contributed by atoms with E-state index in [1.165, 1.54) is 13.8 Å². The first-order chi connectivity index (χ1) is 10.6. The molecule has 0 unspecified atom stereocenters. The van der Waals surface area contributed by atoms with Gasteiger partial charge in [-0.1, -0.05) is 36.4 Å². The Bertz CT molecular complexity index is 850. The van der Waals surface area contributed by atoms with E-state index in [-0.39, 0.29) is 11.8 Å². The zero-order valence-electron chi connectivity index (χ0n) is 12.5. The fourth-order valence-electron chi connectivity index (χ4n) is 2.67. The molecule has 0 aliphatic heterocycles. The molecule has 2 aromatic carbocycles. The molecule has 3 aromatic rings. The lowest BCUT2D eigenvalue weighted by Crippen LogP contribution is -2.22. The Morgan fingerprint density at radius 1 is 0.909 bits per heavy atom.